The van der Waals surface area contributed by atoms with Crippen LogP contribution in [-0.2, 0) is 19.4 Å². The van der Waals surface area contributed by atoms with Crippen LogP contribution in [0, 0.1) is 0 Å². The molecule has 0 atom stereocenters. The molecule has 1 N–H and O–H groups in total. The van der Waals surface area contributed by atoms with E-state index in [1.165, 1.54) is 0 Å². The molecule has 1 aromatic heterocycles. The smallest absolute Gasteiger partial charge is 0.255 e. The summed E-state index contributed by atoms with van der Waals surface area (Å²) in [6, 6.07) is 3.81. The molecule has 0 fully saturated rings. The second kappa shape index (κ2) is 6.07. The van der Waals surface area contributed by atoms with Crippen LogP contribution in [0.1, 0.15) is 28.2 Å². The van der Waals surface area contributed by atoms with Crippen molar-refractivity contribution in [1.29, 1.82) is 0 Å². The fourth-order valence-electron chi connectivity index (χ4n) is 3.25. The van der Waals surface area contributed by atoms with E-state index in [1.54, 1.807) is 0 Å². The van der Waals surface area contributed by atoms with Crippen molar-refractivity contribution in [3.8, 4) is 5.75 Å². The Morgan fingerprint density at radius 1 is 1.33 bits per heavy atom. The van der Waals surface area contributed by atoms with Gasteiger partial charge in [0.2, 0.25) is 0 Å². The van der Waals surface area contributed by atoms with E-state index < -0.39 is 0 Å². The molecule has 0 radical (unpaired) electrons. The van der Waals surface area contributed by atoms with E-state index in [9.17, 15) is 4.79 Å². The number of aromatic nitrogens is 2. The quantitative estimate of drug-likeness (QED) is 0.910. The van der Waals surface area contributed by atoms with E-state index in [0.717, 1.165) is 47.5 Å². The van der Waals surface area contributed by atoms with Crippen LogP contribution < -0.4 is 10.3 Å². The van der Waals surface area contributed by atoms with Crippen molar-refractivity contribution < 1.29 is 4.74 Å². The molecule has 1 aromatic carbocycles. The SMILES string of the molecule is CN1CCc2nc(C=Cc3cc(Cl)cc4c3OCC4)[nH]c(=O)c2C1. The van der Waals surface area contributed by atoms with E-state index in [1.807, 2.05) is 31.3 Å². The van der Waals surface area contributed by atoms with E-state index >= 15 is 0 Å². The van der Waals surface area contributed by atoms with Crippen molar-refractivity contribution in [1.82, 2.24) is 14.9 Å². The first-order chi connectivity index (χ1) is 11.6. The average molecular weight is 344 g/mol. The number of likely N-dealkylation sites (N-methyl/N-ethyl adjacent to an activating group) is 1. The molecule has 6 heteroatoms. The van der Waals surface area contributed by atoms with Gasteiger partial charge in [-0.15, -0.1) is 0 Å². The number of ether oxygens (including phenoxy) is 1. The molecule has 0 bridgehead atoms. The number of hydrogen-bond donors (Lipinski definition) is 1. The monoisotopic (exact) mass is 343 g/mol. The van der Waals surface area contributed by atoms with Gasteiger partial charge in [0.05, 0.1) is 17.9 Å². The van der Waals surface area contributed by atoms with E-state index in [4.69, 9.17) is 16.3 Å². The van der Waals surface area contributed by atoms with Crippen LogP contribution in [0.5, 0.6) is 5.75 Å². The van der Waals surface area contributed by atoms with Crippen molar-refractivity contribution in [2.24, 2.45) is 0 Å². The third kappa shape index (κ3) is 2.85. The maximum Gasteiger partial charge on any atom is 0.255 e. The van der Waals surface area contributed by atoms with E-state index in [-0.39, 0.29) is 5.56 Å². The van der Waals surface area contributed by atoms with Gasteiger partial charge < -0.3 is 14.6 Å². The third-order valence-electron chi connectivity index (χ3n) is 4.48. The maximum atomic E-state index is 12.3. The number of halogens is 1. The Kier molecular flexibility index (Phi) is 3.90. The predicted octanol–water partition coefficient (Wildman–Crippen LogP) is 2.52. The number of aromatic amines is 1. The van der Waals surface area contributed by atoms with Gasteiger partial charge in [0.1, 0.15) is 11.6 Å². The molecule has 0 spiro atoms. The summed E-state index contributed by atoms with van der Waals surface area (Å²) >= 11 is 6.18. The number of H-pyrrole nitrogens is 1. The highest BCUT2D eigenvalue weighted by Gasteiger charge is 2.19. The van der Waals surface area contributed by atoms with Gasteiger partial charge in [0.25, 0.3) is 5.56 Å². The molecule has 0 unspecified atom stereocenters. The summed E-state index contributed by atoms with van der Waals surface area (Å²) in [4.78, 5) is 21.9. The Bertz CT molecular complexity index is 889. The number of nitrogens with one attached hydrogen (secondary N) is 1. The van der Waals surface area contributed by atoms with Crippen LogP contribution in [0.4, 0.5) is 0 Å². The van der Waals surface area contributed by atoms with Gasteiger partial charge in [-0.2, -0.15) is 0 Å². The van der Waals surface area contributed by atoms with Gasteiger partial charge in [0.15, 0.2) is 0 Å². The summed E-state index contributed by atoms with van der Waals surface area (Å²) in [6.07, 6.45) is 5.38. The molecule has 0 saturated carbocycles. The molecule has 2 aliphatic rings. The normalized spacial score (nSPS) is 16.9. The van der Waals surface area contributed by atoms with Crippen LogP contribution >= 0.6 is 11.6 Å². The molecule has 0 saturated heterocycles. The minimum absolute atomic E-state index is 0.0567. The first-order valence-corrected chi connectivity index (χ1v) is 8.42. The fourth-order valence-corrected chi connectivity index (χ4v) is 3.50. The Labute approximate surface area is 144 Å². The summed E-state index contributed by atoms with van der Waals surface area (Å²) in [5, 5.41) is 0.689. The summed E-state index contributed by atoms with van der Waals surface area (Å²) < 4.78 is 5.69. The maximum absolute atomic E-state index is 12.3. The number of rotatable bonds is 2. The molecule has 0 amide bonds. The van der Waals surface area contributed by atoms with Gasteiger partial charge >= 0.3 is 0 Å². The van der Waals surface area contributed by atoms with Crippen LogP contribution in [-0.4, -0.2) is 35.1 Å². The van der Waals surface area contributed by atoms with Crippen LogP contribution in [0.3, 0.4) is 0 Å². The third-order valence-corrected chi connectivity index (χ3v) is 4.69. The Morgan fingerprint density at radius 3 is 3.08 bits per heavy atom. The first-order valence-electron chi connectivity index (χ1n) is 8.04. The van der Waals surface area contributed by atoms with E-state index in [0.29, 0.717) is 24.0 Å². The van der Waals surface area contributed by atoms with Gasteiger partial charge in [-0.3, -0.25) is 4.79 Å². The van der Waals surface area contributed by atoms with Crippen molar-refractivity contribution in [2.75, 3.05) is 20.2 Å². The number of fused-ring (bicyclic) bond motifs is 2. The summed E-state index contributed by atoms with van der Waals surface area (Å²) in [7, 11) is 2.01. The lowest BCUT2D eigenvalue weighted by atomic mass is 10.1. The molecule has 5 nitrogen and oxygen atoms in total. The molecular weight excluding hydrogens is 326 g/mol. The van der Waals surface area contributed by atoms with Crippen LogP contribution in [0.25, 0.3) is 12.2 Å². The van der Waals surface area contributed by atoms with Crippen LogP contribution in [0.15, 0.2) is 16.9 Å². The predicted molar refractivity (Wildman–Crippen MR) is 94.5 cm³/mol. The molecule has 124 valence electrons. The molecule has 4 rings (SSSR count). The molecule has 24 heavy (non-hydrogen) atoms. The lowest BCUT2D eigenvalue weighted by molar-refractivity contribution is 0.307. The zero-order valence-corrected chi connectivity index (χ0v) is 14.2. The standard InChI is InChI=1S/C18H18ClN3O2/c1-22-6-4-15-14(10-22)18(23)21-16(20-15)3-2-11-8-13(19)9-12-5-7-24-17(11)12/h2-3,8-9H,4-7,10H2,1H3,(H,20,21,23). The second-order valence-electron chi connectivity index (χ2n) is 6.28. The van der Waals surface area contributed by atoms with Crippen molar-refractivity contribution >= 4 is 23.8 Å². The first kappa shape index (κ1) is 15.4. The Balaban J connectivity index is 1.68. The van der Waals surface area contributed by atoms with Crippen molar-refractivity contribution in [3.05, 3.63) is 55.7 Å². The van der Waals surface area contributed by atoms with Gasteiger partial charge in [0, 0.05) is 36.5 Å². The highest BCUT2D eigenvalue weighted by molar-refractivity contribution is 6.30. The molecule has 0 aliphatic carbocycles. The summed E-state index contributed by atoms with van der Waals surface area (Å²) in [6.45, 7) is 2.25. The lowest BCUT2D eigenvalue weighted by Crippen LogP contribution is -2.33. The lowest BCUT2D eigenvalue weighted by Gasteiger charge is -2.23. The topological polar surface area (TPSA) is 58.2 Å². The molecular formula is C18H18ClN3O2. The number of hydrogen-bond acceptors (Lipinski definition) is 4. The Hall–Kier alpha value is -2.11. The van der Waals surface area contributed by atoms with Crippen LogP contribution in [0.2, 0.25) is 5.02 Å². The summed E-state index contributed by atoms with van der Waals surface area (Å²) in [5.74, 6) is 1.44. The van der Waals surface area contributed by atoms with E-state index in [2.05, 4.69) is 14.9 Å². The van der Waals surface area contributed by atoms with Gasteiger partial charge in [-0.25, -0.2) is 4.98 Å². The second-order valence-corrected chi connectivity index (χ2v) is 6.72. The van der Waals surface area contributed by atoms with Crippen molar-refractivity contribution in [3.63, 3.8) is 0 Å². The average Bonchev–Trinajstić information content (AvgIpc) is 3.01. The van der Waals surface area contributed by atoms with Gasteiger partial charge in [-0.05, 0) is 36.9 Å². The van der Waals surface area contributed by atoms with Gasteiger partial charge in [-0.1, -0.05) is 11.6 Å². The molecule has 2 aromatic rings. The fraction of sp³-hybridized carbons (Fsp3) is 0.333. The Morgan fingerprint density at radius 2 is 2.21 bits per heavy atom. The highest BCUT2D eigenvalue weighted by atomic mass is 35.5. The minimum Gasteiger partial charge on any atom is -0.492 e. The number of nitrogens with zero attached hydrogens (tertiary/aromatic N) is 2. The number of benzene rings is 1. The molecule has 3 heterocycles. The zero-order valence-electron chi connectivity index (χ0n) is 13.4. The largest absolute Gasteiger partial charge is 0.492 e. The zero-order chi connectivity index (χ0) is 16.7. The highest BCUT2D eigenvalue weighted by Crippen LogP contribution is 2.33. The minimum atomic E-state index is -0.0567. The summed E-state index contributed by atoms with van der Waals surface area (Å²) in [5.41, 5.74) is 3.64. The molecule has 2 aliphatic heterocycles. The van der Waals surface area contributed by atoms with Crippen molar-refractivity contribution in [2.45, 2.75) is 19.4 Å².